The summed E-state index contributed by atoms with van der Waals surface area (Å²) in [6, 6.07) is 13.5. The van der Waals surface area contributed by atoms with Crippen LogP contribution in [0.5, 0.6) is 5.75 Å². The van der Waals surface area contributed by atoms with E-state index in [1.165, 1.54) is 12.1 Å². The highest BCUT2D eigenvalue weighted by atomic mass is 16.3. The molecule has 0 fully saturated rings. The van der Waals surface area contributed by atoms with Crippen molar-refractivity contribution in [3.63, 3.8) is 0 Å². The molecule has 92 valence electrons. The number of carbonyl (C=O) groups excluding carboxylic acids is 1. The number of phenolic OH excluding ortho intramolecular Hbond substituents is 1. The Balaban J connectivity index is 2.13. The number of nitrogens with two attached hydrogens (primary N) is 1. The van der Waals surface area contributed by atoms with E-state index >= 15 is 0 Å². The quantitative estimate of drug-likeness (QED) is 0.771. The van der Waals surface area contributed by atoms with E-state index in [0.29, 0.717) is 17.8 Å². The highest BCUT2D eigenvalue weighted by Crippen LogP contribution is 2.14. The van der Waals surface area contributed by atoms with Gasteiger partial charge in [-0.1, -0.05) is 12.1 Å². The highest BCUT2D eigenvalue weighted by molar-refractivity contribution is 6.04. The van der Waals surface area contributed by atoms with Gasteiger partial charge in [-0.25, -0.2) is 0 Å². The van der Waals surface area contributed by atoms with E-state index in [0.717, 1.165) is 5.56 Å². The van der Waals surface area contributed by atoms with E-state index in [1.54, 1.807) is 18.2 Å². The van der Waals surface area contributed by atoms with Crippen molar-refractivity contribution in [3.8, 4) is 5.75 Å². The van der Waals surface area contributed by atoms with Gasteiger partial charge >= 0.3 is 0 Å². The van der Waals surface area contributed by atoms with Crippen LogP contribution in [0.15, 0.2) is 48.5 Å². The molecule has 2 aromatic carbocycles. The molecule has 0 aromatic heterocycles. The van der Waals surface area contributed by atoms with Gasteiger partial charge in [-0.05, 0) is 42.0 Å². The van der Waals surface area contributed by atoms with Gasteiger partial charge in [-0.3, -0.25) is 4.79 Å². The number of rotatable bonds is 3. The number of carbonyl (C=O) groups is 1. The lowest BCUT2D eigenvalue weighted by Gasteiger charge is -2.06. The van der Waals surface area contributed by atoms with E-state index in [2.05, 4.69) is 5.32 Å². The van der Waals surface area contributed by atoms with E-state index in [1.807, 2.05) is 18.2 Å². The number of nitrogens with one attached hydrogen (secondary N) is 1. The molecule has 4 N–H and O–H groups in total. The molecule has 2 rings (SSSR count). The van der Waals surface area contributed by atoms with Gasteiger partial charge in [-0.2, -0.15) is 0 Å². The van der Waals surface area contributed by atoms with Crippen LogP contribution in [0.4, 0.5) is 5.69 Å². The van der Waals surface area contributed by atoms with Crippen LogP contribution in [0.2, 0.25) is 0 Å². The maximum absolute atomic E-state index is 11.9. The molecule has 4 nitrogen and oxygen atoms in total. The van der Waals surface area contributed by atoms with E-state index < -0.39 is 0 Å². The largest absolute Gasteiger partial charge is 0.508 e. The van der Waals surface area contributed by atoms with Gasteiger partial charge in [0.25, 0.3) is 5.91 Å². The molecule has 0 saturated carbocycles. The van der Waals surface area contributed by atoms with Gasteiger partial charge < -0.3 is 16.2 Å². The predicted molar refractivity (Wildman–Crippen MR) is 70.4 cm³/mol. The standard InChI is InChI=1S/C14H14N2O2/c15-9-10-2-1-3-12(8-10)16-14(18)11-4-6-13(17)7-5-11/h1-8,17H,9,15H2,(H,16,18). The summed E-state index contributed by atoms with van der Waals surface area (Å²) < 4.78 is 0. The number of benzene rings is 2. The Morgan fingerprint density at radius 1 is 1.17 bits per heavy atom. The van der Waals surface area contributed by atoms with Crippen LogP contribution >= 0.6 is 0 Å². The Morgan fingerprint density at radius 3 is 2.56 bits per heavy atom. The summed E-state index contributed by atoms with van der Waals surface area (Å²) in [5, 5.41) is 11.9. The molecule has 4 heteroatoms. The molecular weight excluding hydrogens is 228 g/mol. The first-order valence-electron chi connectivity index (χ1n) is 5.58. The molecule has 0 aliphatic rings. The van der Waals surface area contributed by atoms with Crippen LogP contribution in [0.1, 0.15) is 15.9 Å². The summed E-state index contributed by atoms with van der Waals surface area (Å²) in [6.07, 6.45) is 0. The first kappa shape index (κ1) is 12.1. The second-order valence-electron chi connectivity index (χ2n) is 3.91. The second-order valence-corrected chi connectivity index (χ2v) is 3.91. The first-order chi connectivity index (χ1) is 8.69. The van der Waals surface area contributed by atoms with Crippen molar-refractivity contribution in [2.24, 2.45) is 5.73 Å². The number of hydrogen-bond acceptors (Lipinski definition) is 3. The Labute approximate surface area is 105 Å². The van der Waals surface area contributed by atoms with Crippen molar-refractivity contribution in [3.05, 3.63) is 59.7 Å². The fraction of sp³-hybridized carbons (Fsp3) is 0.0714. The molecule has 0 saturated heterocycles. The molecule has 0 aliphatic heterocycles. The zero-order chi connectivity index (χ0) is 13.0. The van der Waals surface area contributed by atoms with E-state index in [4.69, 9.17) is 10.8 Å². The summed E-state index contributed by atoms with van der Waals surface area (Å²) in [4.78, 5) is 11.9. The van der Waals surface area contributed by atoms with Crippen LogP contribution in [0, 0.1) is 0 Å². The van der Waals surface area contributed by atoms with Crippen LogP contribution < -0.4 is 11.1 Å². The summed E-state index contributed by atoms with van der Waals surface area (Å²) >= 11 is 0. The second kappa shape index (κ2) is 5.33. The zero-order valence-electron chi connectivity index (χ0n) is 9.76. The van der Waals surface area contributed by atoms with Crippen molar-refractivity contribution in [1.29, 1.82) is 0 Å². The maximum atomic E-state index is 11.9. The van der Waals surface area contributed by atoms with Gasteiger partial charge in [0.15, 0.2) is 0 Å². The summed E-state index contributed by atoms with van der Waals surface area (Å²) in [5.41, 5.74) is 7.69. The Bertz CT molecular complexity index is 550. The van der Waals surface area contributed by atoms with Gasteiger partial charge in [0.2, 0.25) is 0 Å². The van der Waals surface area contributed by atoms with Gasteiger partial charge in [-0.15, -0.1) is 0 Å². The normalized spacial score (nSPS) is 10.1. The molecule has 0 unspecified atom stereocenters. The molecule has 2 aromatic rings. The summed E-state index contributed by atoms with van der Waals surface area (Å²) in [6.45, 7) is 0.433. The lowest BCUT2D eigenvalue weighted by atomic mass is 10.1. The van der Waals surface area contributed by atoms with Crippen molar-refractivity contribution in [2.45, 2.75) is 6.54 Å². The minimum atomic E-state index is -0.218. The number of hydrogen-bond donors (Lipinski definition) is 3. The average molecular weight is 242 g/mol. The average Bonchev–Trinajstić information content (AvgIpc) is 2.39. The molecule has 18 heavy (non-hydrogen) atoms. The lowest BCUT2D eigenvalue weighted by Crippen LogP contribution is -2.12. The zero-order valence-corrected chi connectivity index (χ0v) is 9.76. The fourth-order valence-corrected chi connectivity index (χ4v) is 1.59. The molecule has 0 bridgehead atoms. The molecule has 0 spiro atoms. The number of aromatic hydroxyl groups is 1. The third-order valence-electron chi connectivity index (χ3n) is 2.55. The van der Waals surface area contributed by atoms with Crippen LogP contribution in [0.25, 0.3) is 0 Å². The third kappa shape index (κ3) is 2.87. The summed E-state index contributed by atoms with van der Waals surface area (Å²) in [7, 11) is 0. The number of amides is 1. The molecule has 1 amide bonds. The van der Waals surface area contributed by atoms with Crippen molar-refractivity contribution in [1.82, 2.24) is 0 Å². The number of phenols is 1. The highest BCUT2D eigenvalue weighted by Gasteiger charge is 2.05. The van der Waals surface area contributed by atoms with Gasteiger partial charge in [0.1, 0.15) is 5.75 Å². The monoisotopic (exact) mass is 242 g/mol. The lowest BCUT2D eigenvalue weighted by molar-refractivity contribution is 0.102. The van der Waals surface area contributed by atoms with E-state index in [-0.39, 0.29) is 11.7 Å². The smallest absolute Gasteiger partial charge is 0.255 e. The van der Waals surface area contributed by atoms with Crippen LogP contribution in [-0.2, 0) is 6.54 Å². The maximum Gasteiger partial charge on any atom is 0.255 e. The molecule has 0 radical (unpaired) electrons. The van der Waals surface area contributed by atoms with Crippen molar-refractivity contribution >= 4 is 11.6 Å². The third-order valence-corrected chi connectivity index (χ3v) is 2.55. The molecule has 0 heterocycles. The topological polar surface area (TPSA) is 75.3 Å². The minimum Gasteiger partial charge on any atom is -0.508 e. The Kier molecular flexibility index (Phi) is 3.60. The van der Waals surface area contributed by atoms with Gasteiger partial charge in [0.05, 0.1) is 0 Å². The Hall–Kier alpha value is -2.33. The van der Waals surface area contributed by atoms with E-state index in [9.17, 15) is 4.79 Å². The fourth-order valence-electron chi connectivity index (χ4n) is 1.59. The number of anilines is 1. The first-order valence-corrected chi connectivity index (χ1v) is 5.58. The Morgan fingerprint density at radius 2 is 1.89 bits per heavy atom. The van der Waals surface area contributed by atoms with Gasteiger partial charge in [0, 0.05) is 17.8 Å². The summed E-state index contributed by atoms with van der Waals surface area (Å²) in [5.74, 6) is -0.0825. The molecule has 0 atom stereocenters. The van der Waals surface area contributed by atoms with Crippen molar-refractivity contribution in [2.75, 3.05) is 5.32 Å². The molecule has 0 aliphatic carbocycles. The minimum absolute atomic E-state index is 0.136. The SMILES string of the molecule is NCc1cccc(NC(=O)c2ccc(O)cc2)c1. The van der Waals surface area contributed by atoms with Crippen molar-refractivity contribution < 1.29 is 9.90 Å². The van der Waals surface area contributed by atoms with Crippen LogP contribution in [0.3, 0.4) is 0 Å². The van der Waals surface area contributed by atoms with Crippen LogP contribution in [-0.4, -0.2) is 11.0 Å². The molecular formula is C14H14N2O2. The predicted octanol–water partition coefficient (Wildman–Crippen LogP) is 2.10.